The Labute approximate surface area is 122 Å². The lowest BCUT2D eigenvalue weighted by molar-refractivity contribution is -0.970. The maximum atomic E-state index is 11.6. The highest BCUT2D eigenvalue weighted by Gasteiger charge is 2.72. The van der Waals surface area contributed by atoms with Gasteiger partial charge in [-0.25, -0.2) is 0 Å². The van der Waals surface area contributed by atoms with Gasteiger partial charge in [-0.1, -0.05) is 0 Å². The van der Waals surface area contributed by atoms with Crippen molar-refractivity contribution in [2.24, 2.45) is 5.92 Å². The minimum Gasteiger partial charge on any atom is -0.465 e. The first-order valence-corrected chi connectivity index (χ1v) is 5.91. The van der Waals surface area contributed by atoms with E-state index in [1.807, 2.05) is 0 Å². The number of ether oxygens (including phenoxy) is 2. The van der Waals surface area contributed by atoms with Gasteiger partial charge >= 0.3 is 17.7 Å². The maximum absolute atomic E-state index is 11.6. The summed E-state index contributed by atoms with van der Waals surface area (Å²) in [6, 6.07) is 0. The number of carbonyl (C=O) groups excluding carboxylic acids is 2. The molecule has 0 fully saturated rings. The van der Waals surface area contributed by atoms with Crippen LogP contribution in [0.5, 0.6) is 0 Å². The van der Waals surface area contributed by atoms with Crippen LogP contribution in [-0.4, -0.2) is 45.7 Å². The van der Waals surface area contributed by atoms with Crippen LogP contribution in [0.1, 0.15) is 20.3 Å². The number of nitro groups is 3. The molecule has 124 valence electrons. The molecule has 0 radical (unpaired) electrons. The molecule has 0 heterocycles. The van der Waals surface area contributed by atoms with Crippen LogP contribution in [0.4, 0.5) is 0 Å². The minimum absolute atomic E-state index is 0.239. The molecule has 22 heavy (non-hydrogen) atoms. The molecule has 0 rings (SSSR count). The highest BCUT2D eigenvalue weighted by Crippen LogP contribution is 2.24. The lowest BCUT2D eigenvalue weighted by Gasteiger charge is -2.15. The summed E-state index contributed by atoms with van der Waals surface area (Å²) in [5.41, 5.74) is 0. The van der Waals surface area contributed by atoms with Gasteiger partial charge in [0.2, 0.25) is 0 Å². The second kappa shape index (κ2) is 7.80. The van der Waals surface area contributed by atoms with Gasteiger partial charge in [0.05, 0.1) is 13.2 Å². The maximum Gasteiger partial charge on any atom is 0.701 e. The first kappa shape index (κ1) is 19.1. The Morgan fingerprint density at radius 1 is 0.909 bits per heavy atom. The van der Waals surface area contributed by atoms with Crippen LogP contribution < -0.4 is 0 Å². The van der Waals surface area contributed by atoms with E-state index in [0.29, 0.717) is 0 Å². The van der Waals surface area contributed by atoms with E-state index in [0.717, 1.165) is 0 Å². The molecule has 0 saturated heterocycles. The highest BCUT2D eigenvalue weighted by atomic mass is 16.7. The number of hydrogen-bond acceptors (Lipinski definition) is 10. The van der Waals surface area contributed by atoms with Crippen LogP contribution >= 0.6 is 0 Å². The summed E-state index contributed by atoms with van der Waals surface area (Å²) in [5, 5.41) is 32.5. The van der Waals surface area contributed by atoms with Gasteiger partial charge in [-0.15, -0.1) is 0 Å². The third kappa shape index (κ3) is 3.83. The summed E-state index contributed by atoms with van der Waals surface area (Å²) >= 11 is 0. The monoisotopic (exact) mass is 323 g/mol. The SMILES string of the molecule is CCOC(=O)C(CC([N+](=O)[O-])([N+](=O)[O-])[N+](=O)[O-])C(=O)OCC. The Bertz CT molecular complexity index is 436. The predicted molar refractivity (Wildman–Crippen MR) is 65.1 cm³/mol. The molecule has 0 amide bonds. The van der Waals surface area contributed by atoms with E-state index in [-0.39, 0.29) is 13.2 Å². The fraction of sp³-hybridized carbons (Fsp3) is 0.778. The van der Waals surface area contributed by atoms with E-state index in [9.17, 15) is 39.9 Å². The van der Waals surface area contributed by atoms with Crippen molar-refractivity contribution in [2.75, 3.05) is 13.2 Å². The Hall–Kier alpha value is -2.86. The van der Waals surface area contributed by atoms with Crippen LogP contribution in [0.25, 0.3) is 0 Å². The lowest BCUT2D eigenvalue weighted by atomic mass is 10.0. The number of carbonyl (C=O) groups is 2. The van der Waals surface area contributed by atoms with Crippen molar-refractivity contribution < 1.29 is 33.8 Å². The average Bonchev–Trinajstić information content (AvgIpc) is 2.38. The third-order valence-electron chi connectivity index (χ3n) is 2.50. The molecule has 0 aliphatic heterocycles. The van der Waals surface area contributed by atoms with E-state index in [4.69, 9.17) is 0 Å². The van der Waals surface area contributed by atoms with Gasteiger partial charge in [0, 0.05) is 0 Å². The second-order valence-electron chi connectivity index (χ2n) is 3.81. The topological polar surface area (TPSA) is 182 Å². The zero-order chi connectivity index (χ0) is 17.5. The summed E-state index contributed by atoms with van der Waals surface area (Å²) in [6.07, 6.45) is -1.63. The molecule has 0 unspecified atom stereocenters. The summed E-state index contributed by atoms with van der Waals surface area (Å²) in [7, 11) is 0. The van der Waals surface area contributed by atoms with Gasteiger partial charge < -0.3 is 9.47 Å². The molecule has 0 aromatic rings. The fourth-order valence-corrected chi connectivity index (χ4v) is 1.45. The number of rotatable bonds is 9. The largest absolute Gasteiger partial charge is 0.701 e. The fourth-order valence-electron chi connectivity index (χ4n) is 1.45. The van der Waals surface area contributed by atoms with Gasteiger partial charge in [0.25, 0.3) is 0 Å². The molecule has 0 aliphatic carbocycles. The summed E-state index contributed by atoms with van der Waals surface area (Å²) < 4.78 is 8.90. The van der Waals surface area contributed by atoms with Gasteiger partial charge in [0.15, 0.2) is 27.1 Å². The van der Waals surface area contributed by atoms with E-state index < -0.39 is 44.8 Å². The molecule has 0 aromatic carbocycles. The van der Waals surface area contributed by atoms with E-state index in [1.165, 1.54) is 13.8 Å². The van der Waals surface area contributed by atoms with Gasteiger partial charge in [0.1, 0.15) is 0 Å². The molecular weight excluding hydrogens is 310 g/mol. The standard InChI is InChI=1S/C9H13N3O10/c1-3-21-7(13)6(8(14)22-4-2)5-9(10(15)16,11(17)18)12(19)20/h6H,3-5H2,1-2H3. The third-order valence-corrected chi connectivity index (χ3v) is 2.50. The Balaban J connectivity index is 5.78. The van der Waals surface area contributed by atoms with Crippen molar-refractivity contribution in [1.29, 1.82) is 0 Å². The minimum atomic E-state index is -3.95. The molecule has 0 N–H and O–H groups in total. The van der Waals surface area contributed by atoms with Gasteiger partial charge in [-0.2, -0.15) is 0 Å². The number of nitrogens with zero attached hydrogens (tertiary/aromatic N) is 3. The Morgan fingerprint density at radius 2 is 1.23 bits per heavy atom. The molecule has 0 spiro atoms. The van der Waals surface area contributed by atoms with Crippen molar-refractivity contribution in [3.8, 4) is 0 Å². The van der Waals surface area contributed by atoms with Gasteiger partial charge in [-0.3, -0.25) is 39.9 Å². The van der Waals surface area contributed by atoms with Crippen LogP contribution in [0.3, 0.4) is 0 Å². The molecular formula is C9H13N3O10. The second-order valence-corrected chi connectivity index (χ2v) is 3.81. The molecule has 0 atom stereocenters. The Morgan fingerprint density at radius 3 is 1.45 bits per heavy atom. The summed E-state index contributed by atoms with van der Waals surface area (Å²) in [6.45, 7) is 2.22. The first-order valence-electron chi connectivity index (χ1n) is 5.91. The lowest BCUT2D eigenvalue weighted by Crippen LogP contribution is -2.56. The first-order chi connectivity index (χ1) is 10.1. The molecule has 0 aromatic heterocycles. The molecule has 0 bridgehead atoms. The Kier molecular flexibility index (Phi) is 6.79. The molecule has 13 heteroatoms. The summed E-state index contributed by atoms with van der Waals surface area (Å²) in [5.74, 6) is -8.88. The smallest absolute Gasteiger partial charge is 0.465 e. The average molecular weight is 323 g/mol. The molecule has 0 aliphatic rings. The molecule has 13 nitrogen and oxygen atoms in total. The van der Waals surface area contributed by atoms with Crippen molar-refractivity contribution in [2.45, 2.75) is 26.1 Å². The number of hydrogen-bond donors (Lipinski definition) is 0. The molecule has 0 saturated carbocycles. The van der Waals surface area contributed by atoms with Crippen molar-refractivity contribution in [1.82, 2.24) is 0 Å². The number of esters is 2. The highest BCUT2D eigenvalue weighted by molar-refractivity contribution is 5.94. The van der Waals surface area contributed by atoms with E-state index in [1.54, 1.807) is 0 Å². The van der Waals surface area contributed by atoms with Crippen molar-refractivity contribution in [3.05, 3.63) is 30.3 Å². The zero-order valence-corrected chi connectivity index (χ0v) is 11.6. The van der Waals surface area contributed by atoms with E-state index in [2.05, 4.69) is 9.47 Å². The zero-order valence-electron chi connectivity index (χ0n) is 11.6. The quantitative estimate of drug-likeness (QED) is 0.178. The van der Waals surface area contributed by atoms with Crippen molar-refractivity contribution in [3.63, 3.8) is 0 Å². The van der Waals surface area contributed by atoms with Crippen LogP contribution in [0.2, 0.25) is 0 Å². The van der Waals surface area contributed by atoms with Crippen LogP contribution in [0.15, 0.2) is 0 Å². The van der Waals surface area contributed by atoms with Crippen molar-refractivity contribution >= 4 is 11.9 Å². The van der Waals surface area contributed by atoms with Crippen LogP contribution in [0, 0.1) is 36.3 Å². The normalized spacial score (nSPS) is 10.9. The van der Waals surface area contributed by atoms with E-state index >= 15 is 0 Å². The summed E-state index contributed by atoms with van der Waals surface area (Å²) in [4.78, 5) is 50.3. The van der Waals surface area contributed by atoms with Gasteiger partial charge in [-0.05, 0) is 13.8 Å². The van der Waals surface area contributed by atoms with Crippen LogP contribution in [-0.2, 0) is 19.1 Å². The predicted octanol–water partition coefficient (Wildman–Crippen LogP) is -0.397.